The van der Waals surface area contributed by atoms with Crippen LogP contribution in [0.1, 0.15) is 27.2 Å². The molecule has 114 valence electrons. The van der Waals surface area contributed by atoms with Crippen molar-refractivity contribution < 1.29 is 4.79 Å². The molecule has 1 aromatic carbocycles. The molecular formula is C17H15N5O. The number of aromatic nitrogens is 3. The van der Waals surface area contributed by atoms with Crippen LogP contribution in [0, 0.1) is 18.3 Å². The topological polar surface area (TPSA) is 94.5 Å². The number of nitrogens with zero attached hydrogens (tertiary/aromatic N) is 3. The summed E-state index contributed by atoms with van der Waals surface area (Å²) in [6.45, 7) is 2.49. The highest BCUT2D eigenvalue weighted by Crippen LogP contribution is 2.23. The molecule has 23 heavy (non-hydrogen) atoms. The maximum atomic E-state index is 12.0. The molecule has 0 atom stereocenters. The molecule has 0 saturated heterocycles. The van der Waals surface area contributed by atoms with Crippen LogP contribution in [0.15, 0.2) is 36.9 Å². The van der Waals surface area contributed by atoms with Gasteiger partial charge in [0, 0.05) is 35.5 Å². The second-order valence-corrected chi connectivity index (χ2v) is 5.23. The number of H-pyrrole nitrogens is 1. The van der Waals surface area contributed by atoms with Crippen molar-refractivity contribution in [2.45, 2.75) is 13.3 Å². The van der Waals surface area contributed by atoms with E-state index >= 15 is 0 Å². The second kappa shape index (κ2) is 6.28. The smallest absolute Gasteiger partial charge is 0.254 e. The first-order chi connectivity index (χ1) is 11.2. The van der Waals surface area contributed by atoms with E-state index in [1.165, 1.54) is 18.7 Å². The SMILES string of the molecule is Cc1[nH]c2ccc(C#N)cc2c1CCNC(=O)c1cncnc1. The van der Waals surface area contributed by atoms with Crippen molar-refractivity contribution in [3.63, 3.8) is 0 Å². The third-order valence-electron chi connectivity index (χ3n) is 3.73. The van der Waals surface area contributed by atoms with Gasteiger partial charge < -0.3 is 10.3 Å². The Morgan fingerprint density at radius 3 is 2.87 bits per heavy atom. The maximum Gasteiger partial charge on any atom is 0.254 e. The lowest BCUT2D eigenvalue weighted by atomic mass is 10.1. The fraction of sp³-hybridized carbons (Fsp3) is 0.176. The van der Waals surface area contributed by atoms with Crippen molar-refractivity contribution in [2.24, 2.45) is 0 Å². The minimum absolute atomic E-state index is 0.194. The molecule has 2 aromatic heterocycles. The summed E-state index contributed by atoms with van der Waals surface area (Å²) in [5.74, 6) is -0.194. The molecule has 0 bridgehead atoms. The summed E-state index contributed by atoms with van der Waals surface area (Å²) in [4.78, 5) is 22.9. The standard InChI is InChI=1S/C17H15N5O/c1-11-14(15-6-12(7-18)2-3-16(15)22-11)4-5-21-17(23)13-8-19-10-20-9-13/h2-3,6,8-10,22H,4-5H2,1H3,(H,21,23). The molecule has 0 unspecified atom stereocenters. The van der Waals surface area contributed by atoms with Gasteiger partial charge in [-0.25, -0.2) is 9.97 Å². The largest absolute Gasteiger partial charge is 0.358 e. The van der Waals surface area contributed by atoms with Crippen LogP contribution in [0.25, 0.3) is 10.9 Å². The quantitative estimate of drug-likeness (QED) is 0.772. The zero-order chi connectivity index (χ0) is 16.2. The number of carbonyl (C=O) groups excluding carboxylic acids is 1. The molecule has 3 rings (SSSR count). The van der Waals surface area contributed by atoms with Crippen molar-refractivity contribution in [3.8, 4) is 6.07 Å². The summed E-state index contributed by atoms with van der Waals surface area (Å²) < 4.78 is 0. The van der Waals surface area contributed by atoms with Gasteiger partial charge in [0.2, 0.25) is 0 Å². The number of rotatable bonds is 4. The Morgan fingerprint density at radius 2 is 2.13 bits per heavy atom. The molecule has 6 nitrogen and oxygen atoms in total. The Hall–Kier alpha value is -3.20. The molecule has 0 aliphatic heterocycles. The highest BCUT2D eigenvalue weighted by molar-refractivity contribution is 5.93. The molecule has 6 heteroatoms. The first-order valence-electron chi connectivity index (χ1n) is 7.23. The number of aryl methyl sites for hydroxylation is 1. The van der Waals surface area contributed by atoms with Crippen LogP contribution in [0.3, 0.4) is 0 Å². The highest BCUT2D eigenvalue weighted by Gasteiger charge is 2.10. The van der Waals surface area contributed by atoms with Gasteiger partial charge in [-0.1, -0.05) is 0 Å². The van der Waals surface area contributed by atoms with E-state index in [0.29, 0.717) is 24.1 Å². The van der Waals surface area contributed by atoms with E-state index < -0.39 is 0 Å². The molecule has 2 N–H and O–H groups in total. The third kappa shape index (κ3) is 3.04. The first-order valence-corrected chi connectivity index (χ1v) is 7.23. The fourth-order valence-electron chi connectivity index (χ4n) is 2.59. The predicted octanol–water partition coefficient (Wildman–Crippen LogP) is 2.11. The molecule has 1 amide bonds. The van der Waals surface area contributed by atoms with Crippen molar-refractivity contribution in [1.82, 2.24) is 20.3 Å². The van der Waals surface area contributed by atoms with E-state index in [1.807, 2.05) is 19.1 Å². The predicted molar refractivity (Wildman–Crippen MR) is 85.8 cm³/mol. The average molecular weight is 305 g/mol. The lowest BCUT2D eigenvalue weighted by Crippen LogP contribution is -2.26. The van der Waals surface area contributed by atoms with Crippen LogP contribution in [-0.4, -0.2) is 27.4 Å². The van der Waals surface area contributed by atoms with Gasteiger partial charge in [-0.3, -0.25) is 4.79 Å². The van der Waals surface area contributed by atoms with Gasteiger partial charge in [0.15, 0.2) is 0 Å². The normalized spacial score (nSPS) is 10.4. The van der Waals surface area contributed by atoms with Gasteiger partial charge in [0.1, 0.15) is 6.33 Å². The fourth-order valence-corrected chi connectivity index (χ4v) is 2.59. The van der Waals surface area contributed by atoms with Gasteiger partial charge in [-0.05, 0) is 37.1 Å². The van der Waals surface area contributed by atoms with Gasteiger partial charge in [-0.2, -0.15) is 5.26 Å². The van der Waals surface area contributed by atoms with Crippen molar-refractivity contribution in [2.75, 3.05) is 6.54 Å². The summed E-state index contributed by atoms with van der Waals surface area (Å²) in [5.41, 5.74) is 4.23. The molecular weight excluding hydrogens is 290 g/mol. The number of aromatic amines is 1. The van der Waals surface area contributed by atoms with E-state index in [2.05, 4.69) is 26.3 Å². The zero-order valence-electron chi connectivity index (χ0n) is 12.6. The number of hydrogen-bond acceptors (Lipinski definition) is 4. The first kappa shape index (κ1) is 14.7. The minimum Gasteiger partial charge on any atom is -0.358 e. The monoisotopic (exact) mass is 305 g/mol. The molecule has 0 saturated carbocycles. The van der Waals surface area contributed by atoms with Gasteiger partial charge in [-0.15, -0.1) is 0 Å². The van der Waals surface area contributed by atoms with E-state index in [-0.39, 0.29) is 5.91 Å². The summed E-state index contributed by atoms with van der Waals surface area (Å²) in [6, 6.07) is 7.73. The third-order valence-corrected chi connectivity index (χ3v) is 3.73. The average Bonchev–Trinajstić information content (AvgIpc) is 2.90. The number of hydrogen-bond donors (Lipinski definition) is 2. The number of fused-ring (bicyclic) bond motifs is 1. The summed E-state index contributed by atoms with van der Waals surface area (Å²) in [5, 5.41) is 12.9. The van der Waals surface area contributed by atoms with Crippen LogP contribution >= 0.6 is 0 Å². The van der Waals surface area contributed by atoms with Gasteiger partial charge >= 0.3 is 0 Å². The minimum atomic E-state index is -0.194. The highest BCUT2D eigenvalue weighted by atomic mass is 16.1. The zero-order valence-corrected chi connectivity index (χ0v) is 12.6. The lowest BCUT2D eigenvalue weighted by Gasteiger charge is -2.05. The lowest BCUT2D eigenvalue weighted by molar-refractivity contribution is 0.0953. The van der Waals surface area contributed by atoms with Crippen molar-refractivity contribution in [3.05, 3.63) is 59.3 Å². The number of carbonyl (C=O) groups is 1. The van der Waals surface area contributed by atoms with Gasteiger partial charge in [0.05, 0.1) is 17.2 Å². The van der Waals surface area contributed by atoms with Crippen molar-refractivity contribution >= 4 is 16.8 Å². The van der Waals surface area contributed by atoms with E-state index in [0.717, 1.165) is 22.2 Å². The Balaban J connectivity index is 1.73. The maximum absolute atomic E-state index is 12.0. The van der Waals surface area contributed by atoms with E-state index in [4.69, 9.17) is 5.26 Å². The Bertz CT molecular complexity index is 892. The molecule has 0 aliphatic carbocycles. The number of nitriles is 1. The second-order valence-electron chi connectivity index (χ2n) is 5.23. The number of benzene rings is 1. The Kier molecular flexibility index (Phi) is 4.02. The van der Waals surface area contributed by atoms with Gasteiger partial charge in [0.25, 0.3) is 5.91 Å². The molecule has 2 heterocycles. The molecule has 0 fully saturated rings. The van der Waals surface area contributed by atoms with Crippen LogP contribution < -0.4 is 5.32 Å². The molecule has 3 aromatic rings. The number of amides is 1. The van der Waals surface area contributed by atoms with Crippen molar-refractivity contribution in [1.29, 1.82) is 5.26 Å². The van der Waals surface area contributed by atoms with E-state index in [1.54, 1.807) is 6.07 Å². The van der Waals surface area contributed by atoms with Crippen LogP contribution in [0.4, 0.5) is 0 Å². The molecule has 0 aliphatic rings. The van der Waals surface area contributed by atoms with E-state index in [9.17, 15) is 4.79 Å². The molecule has 0 radical (unpaired) electrons. The summed E-state index contributed by atoms with van der Waals surface area (Å²) in [6.07, 6.45) is 5.04. The molecule has 0 spiro atoms. The Morgan fingerprint density at radius 1 is 1.35 bits per heavy atom. The Labute approximate surface area is 133 Å². The summed E-state index contributed by atoms with van der Waals surface area (Å²) >= 11 is 0. The van der Waals surface area contributed by atoms with Crippen LogP contribution in [-0.2, 0) is 6.42 Å². The summed E-state index contributed by atoms with van der Waals surface area (Å²) in [7, 11) is 0. The van der Waals surface area contributed by atoms with Crippen LogP contribution in [0.5, 0.6) is 0 Å². The number of nitrogens with one attached hydrogen (secondary N) is 2. The van der Waals surface area contributed by atoms with Crippen LogP contribution in [0.2, 0.25) is 0 Å².